The van der Waals surface area contributed by atoms with Gasteiger partial charge in [0.15, 0.2) is 5.16 Å². The van der Waals surface area contributed by atoms with E-state index in [1.54, 1.807) is 0 Å². The standard InChI is InChI=1S/C19H14N4S/c1-23-12-13(15-6-2-5-9-18(15)23)10-14(11-20)24-19-21-16-7-3-4-8-17(16)22-19/h2-10,12H,1H3,(H,21,22)/b14-10+. The summed E-state index contributed by atoms with van der Waals surface area (Å²) in [5.41, 5.74) is 4.06. The minimum Gasteiger partial charge on any atom is -0.350 e. The first-order valence-corrected chi connectivity index (χ1v) is 8.35. The molecule has 0 atom stereocenters. The predicted molar refractivity (Wildman–Crippen MR) is 98.5 cm³/mol. The Morgan fingerprint density at radius 3 is 2.83 bits per heavy atom. The van der Waals surface area contributed by atoms with Gasteiger partial charge in [-0.2, -0.15) is 5.26 Å². The van der Waals surface area contributed by atoms with Crippen molar-refractivity contribution in [1.29, 1.82) is 5.26 Å². The van der Waals surface area contributed by atoms with E-state index in [0.29, 0.717) is 4.91 Å². The second-order valence-electron chi connectivity index (χ2n) is 5.49. The summed E-state index contributed by atoms with van der Waals surface area (Å²) in [5, 5.41) is 11.4. The Balaban J connectivity index is 1.72. The number of thioether (sulfide) groups is 1. The number of hydrogen-bond donors (Lipinski definition) is 1. The Kier molecular flexibility index (Phi) is 3.60. The van der Waals surface area contributed by atoms with E-state index in [2.05, 4.69) is 32.7 Å². The third-order valence-corrected chi connectivity index (χ3v) is 4.71. The minimum atomic E-state index is 0.602. The minimum absolute atomic E-state index is 0.602. The molecule has 0 bridgehead atoms. The average molecular weight is 330 g/mol. The molecule has 5 heteroatoms. The van der Waals surface area contributed by atoms with E-state index in [-0.39, 0.29) is 0 Å². The van der Waals surface area contributed by atoms with Crippen LogP contribution < -0.4 is 0 Å². The number of benzene rings is 2. The molecule has 0 aliphatic rings. The van der Waals surface area contributed by atoms with Crippen molar-refractivity contribution in [2.24, 2.45) is 7.05 Å². The zero-order valence-electron chi connectivity index (χ0n) is 13.0. The van der Waals surface area contributed by atoms with Crippen LogP contribution in [0.25, 0.3) is 28.0 Å². The van der Waals surface area contributed by atoms with E-state index < -0.39 is 0 Å². The van der Waals surface area contributed by atoms with Crippen LogP contribution in [0.4, 0.5) is 0 Å². The van der Waals surface area contributed by atoms with E-state index in [1.165, 1.54) is 11.8 Å². The quantitative estimate of drug-likeness (QED) is 0.437. The molecule has 0 saturated carbocycles. The summed E-state index contributed by atoms with van der Waals surface area (Å²) in [6, 6.07) is 18.3. The van der Waals surface area contributed by atoms with Crippen LogP contribution in [0.3, 0.4) is 0 Å². The van der Waals surface area contributed by atoms with Gasteiger partial charge in [-0.15, -0.1) is 0 Å². The summed E-state index contributed by atoms with van der Waals surface area (Å²) >= 11 is 1.35. The van der Waals surface area contributed by atoms with Crippen LogP contribution in [-0.4, -0.2) is 14.5 Å². The van der Waals surface area contributed by atoms with Crippen LogP contribution in [0.15, 0.2) is 64.8 Å². The number of aryl methyl sites for hydroxylation is 1. The number of aromatic amines is 1. The second kappa shape index (κ2) is 5.91. The number of hydrogen-bond acceptors (Lipinski definition) is 3. The van der Waals surface area contributed by atoms with Crippen LogP contribution in [0.1, 0.15) is 5.56 Å². The molecule has 0 radical (unpaired) electrons. The lowest BCUT2D eigenvalue weighted by molar-refractivity contribution is 0.968. The predicted octanol–water partition coefficient (Wildman–Crippen LogP) is 4.71. The van der Waals surface area contributed by atoms with Crippen molar-refractivity contribution >= 4 is 39.8 Å². The van der Waals surface area contributed by atoms with E-state index >= 15 is 0 Å². The Hall–Kier alpha value is -2.97. The largest absolute Gasteiger partial charge is 0.350 e. The molecule has 24 heavy (non-hydrogen) atoms. The summed E-state index contributed by atoms with van der Waals surface area (Å²) in [6.07, 6.45) is 3.96. The number of nitrogens with zero attached hydrogens (tertiary/aromatic N) is 3. The topological polar surface area (TPSA) is 57.4 Å². The maximum Gasteiger partial charge on any atom is 0.171 e. The molecule has 0 aliphatic carbocycles. The SMILES string of the molecule is Cn1cc(/C=C(\C#N)Sc2nc3ccccc3[nH]2)c2ccccc21. The third kappa shape index (κ3) is 2.57. The number of rotatable bonds is 3. The lowest BCUT2D eigenvalue weighted by Gasteiger charge is -1.95. The number of imidazole rings is 1. The monoisotopic (exact) mass is 330 g/mol. The third-order valence-electron chi connectivity index (χ3n) is 3.90. The van der Waals surface area contributed by atoms with E-state index in [4.69, 9.17) is 0 Å². The van der Waals surface area contributed by atoms with E-state index in [9.17, 15) is 5.26 Å². The summed E-state index contributed by atoms with van der Waals surface area (Å²) in [4.78, 5) is 8.37. The molecule has 2 aromatic heterocycles. The highest BCUT2D eigenvalue weighted by Crippen LogP contribution is 2.30. The van der Waals surface area contributed by atoms with Crippen molar-refractivity contribution in [3.63, 3.8) is 0 Å². The molecule has 116 valence electrons. The molecule has 0 aliphatic heterocycles. The highest BCUT2D eigenvalue weighted by molar-refractivity contribution is 8.03. The maximum absolute atomic E-state index is 9.51. The zero-order chi connectivity index (χ0) is 16.5. The molecule has 0 fully saturated rings. The molecule has 4 rings (SSSR count). The molecule has 0 unspecified atom stereocenters. The fourth-order valence-corrected chi connectivity index (χ4v) is 3.54. The highest BCUT2D eigenvalue weighted by atomic mass is 32.2. The van der Waals surface area contributed by atoms with Gasteiger partial charge in [0.2, 0.25) is 0 Å². The molecule has 2 aromatic carbocycles. The van der Waals surface area contributed by atoms with Gasteiger partial charge in [0.1, 0.15) is 6.07 Å². The number of aromatic nitrogens is 3. The molecular formula is C19H14N4S. The molecular weight excluding hydrogens is 316 g/mol. The van der Waals surface area contributed by atoms with Gasteiger partial charge in [-0.25, -0.2) is 4.98 Å². The van der Waals surface area contributed by atoms with E-state index in [0.717, 1.165) is 32.7 Å². The molecule has 0 saturated heterocycles. The highest BCUT2D eigenvalue weighted by Gasteiger charge is 2.09. The lowest BCUT2D eigenvalue weighted by Crippen LogP contribution is -1.81. The van der Waals surface area contributed by atoms with Crippen molar-refractivity contribution in [2.75, 3.05) is 0 Å². The van der Waals surface area contributed by atoms with Gasteiger partial charge in [-0.3, -0.25) is 0 Å². The fraction of sp³-hybridized carbons (Fsp3) is 0.0526. The van der Waals surface area contributed by atoms with Crippen LogP contribution in [0, 0.1) is 11.3 Å². The summed E-state index contributed by atoms with van der Waals surface area (Å²) in [5.74, 6) is 0. The Morgan fingerprint density at radius 2 is 2.00 bits per heavy atom. The fourth-order valence-electron chi connectivity index (χ4n) is 2.80. The number of allylic oxidation sites excluding steroid dienone is 1. The summed E-state index contributed by atoms with van der Waals surface area (Å²) in [6.45, 7) is 0. The molecule has 4 aromatic rings. The van der Waals surface area contributed by atoms with Crippen LogP contribution in [-0.2, 0) is 7.05 Å². The van der Waals surface area contributed by atoms with Crippen LogP contribution >= 0.6 is 11.8 Å². The van der Waals surface area contributed by atoms with E-state index in [1.807, 2.05) is 55.7 Å². The first-order chi connectivity index (χ1) is 11.7. The maximum atomic E-state index is 9.51. The van der Waals surface area contributed by atoms with Gasteiger partial charge in [-0.05, 0) is 36.0 Å². The molecule has 1 N–H and O–H groups in total. The van der Waals surface area contributed by atoms with Crippen LogP contribution in [0.2, 0.25) is 0 Å². The van der Waals surface area contributed by atoms with Crippen molar-refractivity contribution in [2.45, 2.75) is 5.16 Å². The Morgan fingerprint density at radius 1 is 1.21 bits per heavy atom. The number of nitriles is 1. The van der Waals surface area contributed by atoms with Gasteiger partial charge in [0, 0.05) is 29.7 Å². The van der Waals surface area contributed by atoms with Gasteiger partial charge < -0.3 is 9.55 Å². The number of para-hydroxylation sites is 3. The Bertz CT molecular complexity index is 1080. The molecule has 0 spiro atoms. The zero-order valence-corrected chi connectivity index (χ0v) is 13.8. The first-order valence-electron chi connectivity index (χ1n) is 7.53. The van der Waals surface area contributed by atoms with Gasteiger partial charge in [0.25, 0.3) is 0 Å². The molecule has 4 nitrogen and oxygen atoms in total. The molecule has 2 heterocycles. The van der Waals surface area contributed by atoms with Crippen molar-refractivity contribution in [1.82, 2.24) is 14.5 Å². The lowest BCUT2D eigenvalue weighted by atomic mass is 10.1. The molecule has 0 amide bonds. The van der Waals surface area contributed by atoms with Gasteiger partial charge in [0.05, 0.1) is 15.9 Å². The first kappa shape index (κ1) is 14.6. The Labute approximate surface area is 143 Å². The van der Waals surface area contributed by atoms with Crippen molar-refractivity contribution in [3.05, 3.63) is 65.2 Å². The van der Waals surface area contributed by atoms with Crippen molar-refractivity contribution < 1.29 is 0 Å². The van der Waals surface area contributed by atoms with Gasteiger partial charge in [-0.1, -0.05) is 30.3 Å². The normalized spacial score (nSPS) is 11.9. The van der Waals surface area contributed by atoms with Crippen LogP contribution in [0.5, 0.6) is 0 Å². The number of H-pyrrole nitrogens is 1. The second-order valence-corrected chi connectivity index (χ2v) is 6.52. The summed E-state index contributed by atoms with van der Waals surface area (Å²) < 4.78 is 2.07. The smallest absolute Gasteiger partial charge is 0.171 e. The average Bonchev–Trinajstić information content (AvgIpc) is 3.15. The van der Waals surface area contributed by atoms with Gasteiger partial charge >= 0.3 is 0 Å². The number of fused-ring (bicyclic) bond motifs is 2. The number of nitrogens with one attached hydrogen (secondary N) is 1. The summed E-state index contributed by atoms with van der Waals surface area (Å²) in [7, 11) is 2.01. The van der Waals surface area contributed by atoms with Crippen molar-refractivity contribution in [3.8, 4) is 6.07 Å².